The van der Waals surface area contributed by atoms with E-state index in [0.717, 1.165) is 26.6 Å². The average molecular weight is 343 g/mol. The van der Waals surface area contributed by atoms with Gasteiger partial charge >= 0.3 is 0 Å². The molecule has 4 heteroatoms. The number of halogens is 1. The van der Waals surface area contributed by atoms with Crippen molar-refractivity contribution in [1.29, 1.82) is 0 Å². The number of hydrogen-bond donors (Lipinski definition) is 1. The lowest BCUT2D eigenvalue weighted by molar-refractivity contribution is 0.0994. The van der Waals surface area contributed by atoms with Gasteiger partial charge in [0, 0.05) is 34.2 Å². The van der Waals surface area contributed by atoms with Gasteiger partial charge in [0.05, 0.1) is 0 Å². The second-order valence-corrected chi connectivity index (χ2v) is 6.20. The largest absolute Gasteiger partial charge is 0.345 e. The maximum absolute atomic E-state index is 12.6. The van der Waals surface area contributed by atoms with Gasteiger partial charge in [0.25, 0.3) is 0 Å². The number of ketones is 1. The summed E-state index contributed by atoms with van der Waals surface area (Å²) in [6, 6.07) is 8.13. The molecule has 106 valence electrons. The Bertz CT molecular complexity index is 836. The summed E-state index contributed by atoms with van der Waals surface area (Å²) in [6.45, 7) is 4.08. The van der Waals surface area contributed by atoms with E-state index in [0.29, 0.717) is 12.0 Å². The minimum absolute atomic E-state index is 0.106. The van der Waals surface area contributed by atoms with Crippen molar-refractivity contribution in [2.45, 2.75) is 20.3 Å². The number of H-pyrrole nitrogens is 1. The molecule has 0 fully saturated rings. The molecular formula is C17H15BrN2O. The predicted molar refractivity (Wildman–Crippen MR) is 87.7 cm³/mol. The van der Waals surface area contributed by atoms with Gasteiger partial charge in [-0.1, -0.05) is 23.8 Å². The summed E-state index contributed by atoms with van der Waals surface area (Å²) in [5.74, 6) is 0.106. The number of fused-ring (bicyclic) bond motifs is 1. The Kier molecular flexibility index (Phi) is 3.64. The van der Waals surface area contributed by atoms with E-state index >= 15 is 0 Å². The van der Waals surface area contributed by atoms with Crippen molar-refractivity contribution in [3.8, 4) is 0 Å². The van der Waals surface area contributed by atoms with Crippen molar-refractivity contribution in [3.63, 3.8) is 0 Å². The molecule has 3 rings (SSSR count). The third kappa shape index (κ3) is 2.76. The Labute approximate surface area is 131 Å². The van der Waals surface area contributed by atoms with Crippen LogP contribution in [0.5, 0.6) is 0 Å². The summed E-state index contributed by atoms with van der Waals surface area (Å²) < 4.78 is 0.871. The van der Waals surface area contributed by atoms with Crippen LogP contribution in [0.15, 0.2) is 41.1 Å². The number of nitrogens with one attached hydrogen (secondary N) is 1. The van der Waals surface area contributed by atoms with Crippen LogP contribution in [0.4, 0.5) is 0 Å². The van der Waals surface area contributed by atoms with Crippen LogP contribution in [0.3, 0.4) is 0 Å². The van der Waals surface area contributed by atoms with Gasteiger partial charge < -0.3 is 4.98 Å². The van der Waals surface area contributed by atoms with Gasteiger partial charge in [-0.05, 0) is 47.0 Å². The number of Topliss-reactive ketones (excluding diaryl/α,β-unsaturated/α-hetero) is 1. The molecule has 2 aromatic heterocycles. The van der Waals surface area contributed by atoms with Crippen molar-refractivity contribution in [1.82, 2.24) is 9.97 Å². The van der Waals surface area contributed by atoms with E-state index in [1.54, 1.807) is 12.4 Å². The van der Waals surface area contributed by atoms with Gasteiger partial charge in [-0.25, -0.2) is 4.98 Å². The maximum atomic E-state index is 12.6. The number of pyridine rings is 1. The fourth-order valence-corrected chi connectivity index (χ4v) is 2.80. The minimum atomic E-state index is 0.106. The summed E-state index contributed by atoms with van der Waals surface area (Å²) in [6.07, 6.45) is 3.88. The highest BCUT2D eigenvalue weighted by molar-refractivity contribution is 9.10. The monoisotopic (exact) mass is 342 g/mol. The molecular weight excluding hydrogens is 328 g/mol. The van der Waals surface area contributed by atoms with Gasteiger partial charge in [0.15, 0.2) is 5.78 Å². The molecule has 2 heterocycles. The summed E-state index contributed by atoms with van der Waals surface area (Å²) in [7, 11) is 0. The van der Waals surface area contributed by atoms with Crippen LogP contribution in [0, 0.1) is 13.8 Å². The van der Waals surface area contributed by atoms with E-state index in [4.69, 9.17) is 0 Å². The number of hydrogen-bond acceptors (Lipinski definition) is 2. The first-order chi connectivity index (χ1) is 10.0. The normalized spacial score (nSPS) is 11.0. The maximum Gasteiger partial charge on any atom is 0.169 e. The van der Waals surface area contributed by atoms with E-state index in [9.17, 15) is 4.79 Å². The fraction of sp³-hybridized carbons (Fsp3) is 0.176. The van der Waals surface area contributed by atoms with Crippen LogP contribution in [0.1, 0.15) is 27.0 Å². The number of rotatable bonds is 3. The quantitative estimate of drug-likeness (QED) is 0.718. The van der Waals surface area contributed by atoms with Gasteiger partial charge in [-0.2, -0.15) is 0 Å². The number of aromatic nitrogens is 2. The number of aryl methyl sites for hydroxylation is 2. The van der Waals surface area contributed by atoms with E-state index in [2.05, 4.69) is 44.1 Å². The van der Waals surface area contributed by atoms with Crippen LogP contribution in [-0.4, -0.2) is 15.8 Å². The molecule has 0 spiro atoms. The first-order valence-corrected chi connectivity index (χ1v) is 7.56. The Morgan fingerprint density at radius 2 is 2.10 bits per heavy atom. The Morgan fingerprint density at radius 1 is 1.29 bits per heavy atom. The fourth-order valence-electron chi connectivity index (χ4n) is 2.47. The lowest BCUT2D eigenvalue weighted by Crippen LogP contribution is -2.04. The number of benzene rings is 1. The first-order valence-electron chi connectivity index (χ1n) is 6.76. The molecule has 1 N–H and O–H groups in total. The lowest BCUT2D eigenvalue weighted by atomic mass is 9.98. The van der Waals surface area contributed by atoms with Crippen LogP contribution in [0.2, 0.25) is 0 Å². The molecule has 0 atom stereocenters. The highest BCUT2D eigenvalue weighted by Gasteiger charge is 2.14. The Hall–Kier alpha value is -1.94. The molecule has 0 saturated carbocycles. The second kappa shape index (κ2) is 5.45. The molecule has 0 unspecified atom stereocenters. The molecule has 0 amide bonds. The van der Waals surface area contributed by atoms with Gasteiger partial charge in [0.1, 0.15) is 5.65 Å². The molecule has 1 aromatic carbocycles. The summed E-state index contributed by atoms with van der Waals surface area (Å²) in [5, 5.41) is 0.861. The standard InChI is InChI=1S/C17H15BrN2O/c1-10-3-4-11(2)12(5-10)6-16(21)15-9-20-17-14(15)7-13(18)8-19-17/h3-5,7-9H,6H2,1-2H3,(H,19,20). The second-order valence-electron chi connectivity index (χ2n) is 5.28. The van der Waals surface area contributed by atoms with E-state index < -0.39 is 0 Å². The number of nitrogens with zero attached hydrogens (tertiary/aromatic N) is 1. The molecule has 0 saturated heterocycles. The van der Waals surface area contributed by atoms with Crippen molar-refractivity contribution in [2.75, 3.05) is 0 Å². The topological polar surface area (TPSA) is 45.8 Å². The lowest BCUT2D eigenvalue weighted by Gasteiger charge is -2.06. The Morgan fingerprint density at radius 3 is 2.90 bits per heavy atom. The van der Waals surface area contributed by atoms with Crippen molar-refractivity contribution < 1.29 is 4.79 Å². The van der Waals surface area contributed by atoms with E-state index in [-0.39, 0.29) is 5.78 Å². The summed E-state index contributed by atoms with van der Waals surface area (Å²) in [5.41, 5.74) is 4.83. The average Bonchev–Trinajstić information content (AvgIpc) is 2.85. The summed E-state index contributed by atoms with van der Waals surface area (Å²) >= 11 is 3.40. The highest BCUT2D eigenvalue weighted by Crippen LogP contribution is 2.22. The minimum Gasteiger partial charge on any atom is -0.345 e. The molecule has 3 aromatic rings. The number of carbonyl (C=O) groups is 1. The molecule has 0 aliphatic rings. The number of aromatic amines is 1. The molecule has 0 aliphatic carbocycles. The number of carbonyl (C=O) groups excluding carboxylic acids is 1. The van der Waals surface area contributed by atoms with E-state index in [1.165, 1.54) is 5.56 Å². The van der Waals surface area contributed by atoms with Gasteiger partial charge in [-0.3, -0.25) is 4.79 Å². The molecule has 0 bridgehead atoms. The Balaban J connectivity index is 1.97. The van der Waals surface area contributed by atoms with Crippen molar-refractivity contribution >= 4 is 32.7 Å². The van der Waals surface area contributed by atoms with Crippen LogP contribution >= 0.6 is 15.9 Å². The van der Waals surface area contributed by atoms with Crippen molar-refractivity contribution in [3.05, 3.63) is 63.4 Å². The van der Waals surface area contributed by atoms with E-state index in [1.807, 2.05) is 19.9 Å². The zero-order valence-corrected chi connectivity index (χ0v) is 13.5. The SMILES string of the molecule is Cc1ccc(C)c(CC(=O)c2c[nH]c3ncc(Br)cc23)c1. The zero-order valence-electron chi connectivity index (χ0n) is 11.9. The first kappa shape index (κ1) is 14.0. The predicted octanol–water partition coefficient (Wildman–Crippen LogP) is 4.37. The molecule has 21 heavy (non-hydrogen) atoms. The van der Waals surface area contributed by atoms with Crippen LogP contribution in [0.25, 0.3) is 11.0 Å². The molecule has 0 aliphatic heterocycles. The third-order valence-corrected chi connectivity index (χ3v) is 4.09. The third-order valence-electron chi connectivity index (χ3n) is 3.65. The van der Waals surface area contributed by atoms with Gasteiger partial charge in [0.2, 0.25) is 0 Å². The highest BCUT2D eigenvalue weighted by atomic mass is 79.9. The van der Waals surface area contributed by atoms with Crippen molar-refractivity contribution in [2.24, 2.45) is 0 Å². The van der Waals surface area contributed by atoms with Gasteiger partial charge in [-0.15, -0.1) is 0 Å². The summed E-state index contributed by atoms with van der Waals surface area (Å²) in [4.78, 5) is 19.9. The zero-order chi connectivity index (χ0) is 15.0. The van der Waals surface area contributed by atoms with Crippen LogP contribution < -0.4 is 0 Å². The molecule has 0 radical (unpaired) electrons. The van der Waals surface area contributed by atoms with Crippen LogP contribution in [-0.2, 0) is 6.42 Å². The smallest absolute Gasteiger partial charge is 0.169 e. The molecule has 3 nitrogen and oxygen atoms in total.